The predicted molar refractivity (Wildman–Crippen MR) is 88.0 cm³/mol. The first-order chi connectivity index (χ1) is 9.45. The van der Waals surface area contributed by atoms with Gasteiger partial charge in [0.2, 0.25) is 0 Å². The van der Waals surface area contributed by atoms with Crippen molar-refractivity contribution in [2.24, 2.45) is 0 Å². The van der Waals surface area contributed by atoms with Gasteiger partial charge < -0.3 is 5.21 Å². The minimum Gasteiger partial charge on any atom is -0.622 e. The van der Waals surface area contributed by atoms with Gasteiger partial charge in [-0.2, -0.15) is 4.74 Å². The van der Waals surface area contributed by atoms with Gasteiger partial charge in [0, 0.05) is 18.9 Å². The highest BCUT2D eigenvalue weighted by atomic mass is 32.2. The van der Waals surface area contributed by atoms with E-state index in [0.29, 0.717) is 6.54 Å². The largest absolute Gasteiger partial charge is 0.622 e. The van der Waals surface area contributed by atoms with E-state index >= 15 is 0 Å². The maximum atomic E-state index is 12.5. The molecule has 1 aromatic heterocycles. The first-order valence-electron chi connectivity index (χ1n) is 6.26. The van der Waals surface area contributed by atoms with E-state index in [1.54, 1.807) is 42.5 Å². The highest BCUT2D eigenvalue weighted by Gasteiger charge is 2.49. The molecule has 0 saturated carbocycles. The maximum absolute atomic E-state index is 12.5. The summed E-state index contributed by atoms with van der Waals surface area (Å²) in [6.45, 7) is 8.36. The SMILES string of the molecule is C=CCN1C(=S)SC(C)(C)C1[N+]([O-])=Cc1cccnc1. The summed E-state index contributed by atoms with van der Waals surface area (Å²) >= 11 is 6.92. The minimum atomic E-state index is -0.349. The van der Waals surface area contributed by atoms with E-state index in [1.165, 1.54) is 0 Å². The van der Waals surface area contributed by atoms with Gasteiger partial charge in [-0.3, -0.25) is 9.88 Å². The Morgan fingerprint density at radius 2 is 2.40 bits per heavy atom. The van der Waals surface area contributed by atoms with E-state index in [-0.39, 0.29) is 10.9 Å². The zero-order valence-electron chi connectivity index (χ0n) is 11.5. The Labute approximate surface area is 128 Å². The minimum absolute atomic E-state index is 0.277. The number of hydrogen-bond donors (Lipinski definition) is 0. The van der Waals surface area contributed by atoms with Gasteiger partial charge in [-0.05, 0) is 26.0 Å². The third-order valence-corrected chi connectivity index (χ3v) is 4.66. The van der Waals surface area contributed by atoms with Crippen LogP contribution in [0.3, 0.4) is 0 Å². The summed E-state index contributed by atoms with van der Waals surface area (Å²) < 4.78 is 1.42. The molecule has 1 atom stereocenters. The molecular formula is C14H17N3OS2. The number of aromatic nitrogens is 1. The van der Waals surface area contributed by atoms with Crippen LogP contribution in [0.15, 0.2) is 37.2 Å². The zero-order valence-corrected chi connectivity index (χ0v) is 13.2. The number of hydroxylamine groups is 1. The quantitative estimate of drug-likeness (QED) is 0.214. The van der Waals surface area contributed by atoms with E-state index in [9.17, 15) is 5.21 Å². The molecule has 0 aromatic carbocycles. The molecule has 1 aliphatic heterocycles. The molecule has 4 nitrogen and oxygen atoms in total. The molecule has 0 N–H and O–H groups in total. The Morgan fingerprint density at radius 1 is 1.65 bits per heavy atom. The van der Waals surface area contributed by atoms with Crippen LogP contribution in [0.4, 0.5) is 0 Å². The van der Waals surface area contributed by atoms with Crippen LogP contribution in [0.1, 0.15) is 19.4 Å². The van der Waals surface area contributed by atoms with Crippen LogP contribution in [0, 0.1) is 5.21 Å². The molecule has 6 heteroatoms. The van der Waals surface area contributed by atoms with Crippen LogP contribution in [-0.2, 0) is 0 Å². The molecule has 1 unspecified atom stereocenters. The molecule has 2 rings (SSSR count). The molecule has 106 valence electrons. The molecular weight excluding hydrogens is 290 g/mol. The highest BCUT2D eigenvalue weighted by Crippen LogP contribution is 2.41. The van der Waals surface area contributed by atoms with Gasteiger partial charge in [0.15, 0.2) is 6.21 Å². The summed E-state index contributed by atoms with van der Waals surface area (Å²) in [5.41, 5.74) is 0.777. The van der Waals surface area contributed by atoms with Gasteiger partial charge >= 0.3 is 0 Å². The Morgan fingerprint density at radius 3 is 3.00 bits per heavy atom. The average molecular weight is 307 g/mol. The average Bonchev–Trinajstić information content (AvgIpc) is 2.60. The van der Waals surface area contributed by atoms with E-state index in [1.807, 2.05) is 24.8 Å². The molecule has 0 aliphatic carbocycles. The van der Waals surface area contributed by atoms with Gasteiger partial charge in [-0.25, -0.2) is 0 Å². The molecule has 0 radical (unpaired) electrons. The van der Waals surface area contributed by atoms with Crippen molar-refractivity contribution in [3.8, 4) is 0 Å². The van der Waals surface area contributed by atoms with Crippen molar-refractivity contribution in [1.29, 1.82) is 0 Å². The van der Waals surface area contributed by atoms with Crippen molar-refractivity contribution < 1.29 is 4.74 Å². The van der Waals surface area contributed by atoms with Gasteiger partial charge in [0.05, 0.1) is 5.56 Å². The summed E-state index contributed by atoms with van der Waals surface area (Å²) in [5.74, 6) is 0. The first kappa shape index (κ1) is 15.0. The van der Waals surface area contributed by atoms with E-state index in [4.69, 9.17) is 12.2 Å². The Bertz CT molecular complexity index is 543. The number of hydrogen-bond acceptors (Lipinski definition) is 4. The second-order valence-corrected chi connectivity index (χ2v) is 7.35. The normalized spacial score (nSPS) is 22.1. The fourth-order valence-electron chi connectivity index (χ4n) is 2.24. The zero-order chi connectivity index (χ0) is 14.8. The summed E-state index contributed by atoms with van der Waals surface area (Å²) in [6, 6.07) is 3.66. The number of pyridine rings is 1. The summed E-state index contributed by atoms with van der Waals surface area (Å²) in [6.07, 6.45) is 6.32. The van der Waals surface area contributed by atoms with Gasteiger partial charge in [-0.1, -0.05) is 30.1 Å². The molecule has 0 bridgehead atoms. The van der Waals surface area contributed by atoms with Crippen LogP contribution in [0.2, 0.25) is 0 Å². The number of rotatable bonds is 4. The first-order valence-corrected chi connectivity index (χ1v) is 7.49. The van der Waals surface area contributed by atoms with E-state index in [0.717, 1.165) is 14.6 Å². The topological polar surface area (TPSA) is 42.2 Å². The molecule has 1 aromatic rings. The van der Waals surface area contributed by atoms with E-state index < -0.39 is 0 Å². The molecule has 20 heavy (non-hydrogen) atoms. The lowest BCUT2D eigenvalue weighted by molar-refractivity contribution is -0.523. The fourth-order valence-corrected chi connectivity index (χ4v) is 4.14. The lowest BCUT2D eigenvalue weighted by Gasteiger charge is -2.29. The van der Waals surface area contributed by atoms with Crippen LogP contribution in [0.5, 0.6) is 0 Å². The summed E-state index contributed by atoms with van der Waals surface area (Å²) in [4.78, 5) is 5.92. The standard InChI is InChI=1S/C14H17N3OS2/c1-4-8-16-12(14(2,3)20-13(16)19)17(18)10-11-6-5-7-15-9-11/h4-7,9-10,12H,1,8H2,2-3H3. The van der Waals surface area contributed by atoms with Crippen molar-refractivity contribution >= 4 is 34.5 Å². The van der Waals surface area contributed by atoms with Crippen molar-refractivity contribution in [3.05, 3.63) is 48.0 Å². The predicted octanol–water partition coefficient (Wildman–Crippen LogP) is 2.64. The van der Waals surface area contributed by atoms with Gasteiger partial charge in [0.25, 0.3) is 6.17 Å². The molecule has 1 saturated heterocycles. The van der Waals surface area contributed by atoms with Crippen molar-refractivity contribution in [2.75, 3.05) is 6.54 Å². The number of nitrogens with zero attached hydrogens (tertiary/aromatic N) is 3. The van der Waals surface area contributed by atoms with Crippen LogP contribution in [0.25, 0.3) is 0 Å². The van der Waals surface area contributed by atoms with E-state index in [2.05, 4.69) is 11.6 Å². The highest BCUT2D eigenvalue weighted by molar-refractivity contribution is 8.24. The third-order valence-electron chi connectivity index (χ3n) is 3.03. The maximum Gasteiger partial charge on any atom is 0.254 e. The number of thioether (sulfide) groups is 1. The summed E-state index contributed by atoms with van der Waals surface area (Å²) in [5, 5.41) is 12.5. The second kappa shape index (κ2) is 5.93. The van der Waals surface area contributed by atoms with Crippen LogP contribution >= 0.6 is 24.0 Å². The molecule has 2 heterocycles. The molecule has 0 amide bonds. The molecule has 1 fully saturated rings. The Kier molecular flexibility index (Phi) is 4.45. The lowest BCUT2D eigenvalue weighted by atomic mass is 10.1. The lowest BCUT2D eigenvalue weighted by Crippen LogP contribution is -2.47. The fraction of sp³-hybridized carbons (Fsp3) is 0.357. The number of thiocarbonyl (C=S) groups is 1. The monoisotopic (exact) mass is 307 g/mol. The second-order valence-electron chi connectivity index (χ2n) is 5.06. The molecule has 0 spiro atoms. The molecule has 1 aliphatic rings. The smallest absolute Gasteiger partial charge is 0.254 e. The van der Waals surface area contributed by atoms with Crippen molar-refractivity contribution in [1.82, 2.24) is 9.88 Å². The van der Waals surface area contributed by atoms with Gasteiger partial charge in [0.1, 0.15) is 9.07 Å². The van der Waals surface area contributed by atoms with Crippen LogP contribution < -0.4 is 0 Å². The Balaban J connectivity index is 2.34. The summed E-state index contributed by atoms with van der Waals surface area (Å²) in [7, 11) is 0. The van der Waals surface area contributed by atoms with Crippen molar-refractivity contribution in [2.45, 2.75) is 24.8 Å². The van der Waals surface area contributed by atoms with Crippen LogP contribution in [-0.4, -0.2) is 42.6 Å². The van der Waals surface area contributed by atoms with Crippen molar-refractivity contribution in [3.63, 3.8) is 0 Å². The Hall–Kier alpha value is -1.40. The third kappa shape index (κ3) is 3.02. The van der Waals surface area contributed by atoms with Gasteiger partial charge in [-0.15, -0.1) is 6.58 Å².